The molecule has 0 saturated heterocycles. The number of carbonyl (C=O) groups excluding carboxylic acids is 1. The number of amides is 1. The molecule has 0 fully saturated rings. The lowest BCUT2D eigenvalue weighted by Crippen LogP contribution is -2.29. The smallest absolute Gasteiger partial charge is 0.246 e. The van der Waals surface area contributed by atoms with Crippen molar-refractivity contribution in [2.24, 2.45) is 0 Å². The number of nitrogens with one attached hydrogen (secondary N) is 2. The van der Waals surface area contributed by atoms with Crippen LogP contribution in [0.2, 0.25) is 0 Å². The third-order valence-corrected chi connectivity index (χ3v) is 3.50. The van der Waals surface area contributed by atoms with Gasteiger partial charge in [-0.2, -0.15) is 0 Å². The van der Waals surface area contributed by atoms with E-state index in [1.807, 2.05) is 6.07 Å². The molecule has 1 heterocycles. The molecule has 2 aromatic carbocycles. The molecule has 0 aliphatic carbocycles. The second kappa shape index (κ2) is 5.61. The first-order valence-electron chi connectivity index (χ1n) is 6.71. The lowest BCUT2D eigenvalue weighted by atomic mass is 10.1. The highest BCUT2D eigenvalue weighted by atomic mass is 19.1. The molecule has 0 spiro atoms. The van der Waals surface area contributed by atoms with Crippen LogP contribution in [0.5, 0.6) is 0 Å². The molecule has 3 nitrogen and oxygen atoms in total. The Morgan fingerprint density at radius 1 is 1.10 bits per heavy atom. The molecule has 1 unspecified atom stereocenters. The molecular formula is C16H14F2N2O. The van der Waals surface area contributed by atoms with Gasteiger partial charge in [0.25, 0.3) is 0 Å². The van der Waals surface area contributed by atoms with Crippen LogP contribution in [0.1, 0.15) is 17.2 Å². The van der Waals surface area contributed by atoms with Crippen molar-refractivity contribution in [3.05, 3.63) is 65.2 Å². The number of halogens is 2. The molecule has 1 aliphatic heterocycles. The SMILES string of the molecule is O=C1Nc2ccc(F)cc2C1NCCc1cccc(F)c1. The van der Waals surface area contributed by atoms with Crippen molar-refractivity contribution in [2.75, 3.05) is 11.9 Å². The van der Waals surface area contributed by atoms with E-state index in [4.69, 9.17) is 0 Å². The van der Waals surface area contributed by atoms with Crippen LogP contribution in [0, 0.1) is 11.6 Å². The van der Waals surface area contributed by atoms with Crippen molar-refractivity contribution in [3.63, 3.8) is 0 Å². The molecule has 5 heteroatoms. The standard InChI is InChI=1S/C16H14F2N2O/c17-11-3-1-2-10(8-11)6-7-19-15-13-9-12(18)4-5-14(13)20-16(15)21/h1-5,8-9,15,19H,6-7H2,(H,20,21). The summed E-state index contributed by atoms with van der Waals surface area (Å²) in [6.07, 6.45) is 0.589. The van der Waals surface area contributed by atoms with Crippen molar-refractivity contribution < 1.29 is 13.6 Å². The number of rotatable bonds is 4. The molecular weight excluding hydrogens is 274 g/mol. The third-order valence-electron chi connectivity index (χ3n) is 3.50. The minimum atomic E-state index is -0.566. The van der Waals surface area contributed by atoms with Crippen LogP contribution in [0.15, 0.2) is 42.5 Å². The topological polar surface area (TPSA) is 41.1 Å². The molecule has 0 radical (unpaired) electrons. The van der Waals surface area contributed by atoms with Crippen LogP contribution in [-0.2, 0) is 11.2 Å². The van der Waals surface area contributed by atoms with Crippen molar-refractivity contribution in [1.29, 1.82) is 0 Å². The Labute approximate surface area is 121 Å². The zero-order valence-electron chi connectivity index (χ0n) is 11.2. The molecule has 0 aromatic heterocycles. The van der Waals surface area contributed by atoms with Crippen LogP contribution in [0.4, 0.5) is 14.5 Å². The number of fused-ring (bicyclic) bond motifs is 1. The monoisotopic (exact) mass is 288 g/mol. The largest absolute Gasteiger partial charge is 0.324 e. The van der Waals surface area contributed by atoms with Gasteiger partial charge in [0.15, 0.2) is 0 Å². The first-order valence-corrected chi connectivity index (χ1v) is 6.71. The van der Waals surface area contributed by atoms with E-state index in [-0.39, 0.29) is 17.5 Å². The Morgan fingerprint density at radius 3 is 2.71 bits per heavy atom. The van der Waals surface area contributed by atoms with Gasteiger partial charge in [-0.25, -0.2) is 8.78 Å². The summed E-state index contributed by atoms with van der Waals surface area (Å²) < 4.78 is 26.4. The molecule has 0 saturated carbocycles. The van der Waals surface area contributed by atoms with Gasteiger partial charge < -0.3 is 10.6 Å². The highest BCUT2D eigenvalue weighted by molar-refractivity contribution is 6.02. The molecule has 108 valence electrons. The van der Waals surface area contributed by atoms with Gasteiger partial charge in [-0.3, -0.25) is 4.79 Å². The highest BCUT2D eigenvalue weighted by Gasteiger charge is 2.30. The lowest BCUT2D eigenvalue weighted by Gasteiger charge is -2.11. The van der Waals surface area contributed by atoms with Crippen molar-refractivity contribution in [1.82, 2.24) is 5.32 Å². The predicted octanol–water partition coefficient (Wildman–Crippen LogP) is 2.79. The van der Waals surface area contributed by atoms with Gasteiger partial charge in [-0.1, -0.05) is 12.1 Å². The van der Waals surface area contributed by atoms with E-state index < -0.39 is 6.04 Å². The van der Waals surface area contributed by atoms with Crippen LogP contribution in [0.25, 0.3) is 0 Å². The van der Waals surface area contributed by atoms with Crippen LogP contribution < -0.4 is 10.6 Å². The highest BCUT2D eigenvalue weighted by Crippen LogP contribution is 2.31. The maximum atomic E-state index is 13.3. The summed E-state index contributed by atoms with van der Waals surface area (Å²) in [6, 6.07) is 9.98. The molecule has 3 rings (SSSR count). The summed E-state index contributed by atoms with van der Waals surface area (Å²) in [5.74, 6) is -0.851. The van der Waals surface area contributed by atoms with E-state index in [9.17, 15) is 13.6 Å². The Bertz CT molecular complexity index is 688. The van der Waals surface area contributed by atoms with E-state index in [0.29, 0.717) is 24.2 Å². The van der Waals surface area contributed by atoms with Gasteiger partial charge in [-0.15, -0.1) is 0 Å². The van der Waals surface area contributed by atoms with Crippen LogP contribution in [-0.4, -0.2) is 12.5 Å². The minimum absolute atomic E-state index is 0.199. The number of hydrogen-bond acceptors (Lipinski definition) is 2. The number of carbonyl (C=O) groups is 1. The summed E-state index contributed by atoms with van der Waals surface area (Å²) in [6.45, 7) is 0.498. The Kier molecular flexibility index (Phi) is 3.66. The zero-order chi connectivity index (χ0) is 14.8. The van der Waals surface area contributed by atoms with Gasteiger partial charge in [-0.05, 0) is 42.3 Å². The average Bonchev–Trinajstić information content (AvgIpc) is 2.75. The van der Waals surface area contributed by atoms with E-state index in [1.165, 1.54) is 24.3 Å². The Morgan fingerprint density at radius 2 is 1.90 bits per heavy atom. The predicted molar refractivity (Wildman–Crippen MR) is 75.9 cm³/mol. The summed E-state index contributed by atoms with van der Waals surface area (Å²) >= 11 is 0. The van der Waals surface area contributed by atoms with Gasteiger partial charge in [0, 0.05) is 17.8 Å². The average molecular weight is 288 g/mol. The third kappa shape index (κ3) is 2.92. The first-order chi connectivity index (χ1) is 10.1. The summed E-state index contributed by atoms with van der Waals surface area (Å²) in [5.41, 5.74) is 2.09. The maximum absolute atomic E-state index is 13.3. The van der Waals surface area contributed by atoms with Gasteiger partial charge in [0.05, 0.1) is 0 Å². The van der Waals surface area contributed by atoms with E-state index in [2.05, 4.69) is 10.6 Å². The second-order valence-electron chi connectivity index (χ2n) is 4.99. The Balaban J connectivity index is 1.66. The number of hydrogen-bond donors (Lipinski definition) is 2. The van der Waals surface area contributed by atoms with E-state index >= 15 is 0 Å². The van der Waals surface area contributed by atoms with Gasteiger partial charge in [0.2, 0.25) is 5.91 Å². The fourth-order valence-electron chi connectivity index (χ4n) is 2.49. The van der Waals surface area contributed by atoms with Gasteiger partial charge >= 0.3 is 0 Å². The molecule has 1 atom stereocenters. The molecule has 2 N–H and O–H groups in total. The summed E-state index contributed by atoms with van der Waals surface area (Å²) in [4.78, 5) is 11.9. The molecule has 21 heavy (non-hydrogen) atoms. The fourth-order valence-corrected chi connectivity index (χ4v) is 2.49. The maximum Gasteiger partial charge on any atom is 0.246 e. The van der Waals surface area contributed by atoms with Crippen molar-refractivity contribution >= 4 is 11.6 Å². The lowest BCUT2D eigenvalue weighted by molar-refractivity contribution is -0.117. The molecule has 1 aliphatic rings. The quantitative estimate of drug-likeness (QED) is 0.908. The summed E-state index contributed by atoms with van der Waals surface area (Å²) in [7, 11) is 0. The summed E-state index contributed by atoms with van der Waals surface area (Å²) in [5, 5.41) is 5.79. The second-order valence-corrected chi connectivity index (χ2v) is 4.99. The molecule has 1 amide bonds. The van der Waals surface area contributed by atoms with Crippen molar-refractivity contribution in [3.8, 4) is 0 Å². The van der Waals surface area contributed by atoms with E-state index in [0.717, 1.165) is 5.56 Å². The van der Waals surface area contributed by atoms with Crippen molar-refractivity contribution in [2.45, 2.75) is 12.5 Å². The molecule has 0 bridgehead atoms. The van der Waals surface area contributed by atoms with Gasteiger partial charge in [0.1, 0.15) is 17.7 Å². The minimum Gasteiger partial charge on any atom is -0.324 e. The van der Waals surface area contributed by atoms with Crippen LogP contribution in [0.3, 0.4) is 0 Å². The Hall–Kier alpha value is -2.27. The number of anilines is 1. The normalized spacial score (nSPS) is 16.7. The number of benzene rings is 2. The van der Waals surface area contributed by atoms with E-state index in [1.54, 1.807) is 12.1 Å². The first kappa shape index (κ1) is 13.7. The zero-order valence-corrected chi connectivity index (χ0v) is 11.2. The molecule has 2 aromatic rings. The van der Waals surface area contributed by atoms with Crippen LogP contribution >= 0.6 is 0 Å². The fraction of sp³-hybridized carbons (Fsp3) is 0.188.